The van der Waals surface area contributed by atoms with Gasteiger partial charge in [-0.2, -0.15) is 0 Å². The molecule has 3 aromatic rings. The number of hydrogen-bond acceptors (Lipinski definition) is 1. The molecule has 0 heterocycles. The Morgan fingerprint density at radius 1 is 0.870 bits per heavy atom. The highest BCUT2D eigenvalue weighted by Gasteiger charge is 2.38. The molecule has 0 amide bonds. The summed E-state index contributed by atoms with van der Waals surface area (Å²) >= 11 is 0. The average Bonchev–Trinajstić information content (AvgIpc) is 3.00. The Hall–Kier alpha value is -2.32. The van der Waals surface area contributed by atoms with Gasteiger partial charge in [0, 0.05) is 10.9 Å². The Morgan fingerprint density at radius 3 is 2.48 bits per heavy atom. The van der Waals surface area contributed by atoms with Crippen LogP contribution in [0.4, 0.5) is 0 Å². The third kappa shape index (κ3) is 2.13. The summed E-state index contributed by atoms with van der Waals surface area (Å²) < 4.78 is 0. The largest absolute Gasteiger partial charge is 0.507 e. The van der Waals surface area contributed by atoms with Gasteiger partial charge < -0.3 is 5.11 Å². The van der Waals surface area contributed by atoms with Gasteiger partial charge in [0.05, 0.1) is 8.07 Å². The predicted octanol–water partition coefficient (Wildman–Crippen LogP) is 4.81. The minimum atomic E-state index is -1.90. The van der Waals surface area contributed by atoms with Gasteiger partial charge in [-0.05, 0) is 21.7 Å². The predicted molar refractivity (Wildman–Crippen MR) is 101 cm³/mol. The molecular weight excluding hydrogens is 296 g/mol. The van der Waals surface area contributed by atoms with E-state index in [9.17, 15) is 5.11 Å². The Balaban J connectivity index is 1.87. The molecule has 0 aliphatic heterocycles. The number of phenolic OH excluding ortho intramolecular Hbond substituents is 1. The third-order valence-electron chi connectivity index (χ3n) is 5.17. The van der Waals surface area contributed by atoms with Crippen LogP contribution in [-0.4, -0.2) is 13.2 Å². The van der Waals surface area contributed by atoms with Crippen LogP contribution in [0.1, 0.15) is 16.7 Å². The first kappa shape index (κ1) is 14.3. The molecule has 0 saturated heterocycles. The summed E-state index contributed by atoms with van der Waals surface area (Å²) in [6.45, 7) is 4.71. The zero-order chi connectivity index (χ0) is 16.0. The SMILES string of the molecule is C[Si](C)(c1ccc2ccccc2c1O)C1C=Cc2ccccc21. The van der Waals surface area contributed by atoms with E-state index in [-0.39, 0.29) is 0 Å². The van der Waals surface area contributed by atoms with Gasteiger partial charge in [-0.1, -0.05) is 85.9 Å². The van der Waals surface area contributed by atoms with Gasteiger partial charge in [0.25, 0.3) is 0 Å². The van der Waals surface area contributed by atoms with Crippen LogP contribution in [0.25, 0.3) is 16.8 Å². The van der Waals surface area contributed by atoms with Crippen molar-refractivity contribution in [3.8, 4) is 5.75 Å². The Kier molecular flexibility index (Phi) is 3.17. The first-order valence-corrected chi connectivity index (χ1v) is 11.1. The number of hydrogen-bond donors (Lipinski definition) is 1. The van der Waals surface area contributed by atoms with Crippen molar-refractivity contribution in [3.63, 3.8) is 0 Å². The van der Waals surface area contributed by atoms with E-state index in [1.165, 1.54) is 11.1 Å². The van der Waals surface area contributed by atoms with Crippen molar-refractivity contribution in [1.29, 1.82) is 0 Å². The molecule has 0 fully saturated rings. The van der Waals surface area contributed by atoms with E-state index in [0.717, 1.165) is 16.0 Å². The monoisotopic (exact) mass is 316 g/mol. The van der Waals surface area contributed by atoms with E-state index in [4.69, 9.17) is 0 Å². The standard InChI is InChI=1S/C21H20OSi/c1-23(2,19-13-11-15-7-3-5-9-17(15)19)20-14-12-16-8-4-6-10-18(16)21(20)22/h3-14,19,22H,1-2H3. The molecule has 0 spiro atoms. The molecule has 1 aliphatic rings. The lowest BCUT2D eigenvalue weighted by Gasteiger charge is -2.31. The Labute approximate surface area is 137 Å². The zero-order valence-corrected chi connectivity index (χ0v) is 14.5. The topological polar surface area (TPSA) is 20.2 Å². The van der Waals surface area contributed by atoms with Gasteiger partial charge >= 0.3 is 0 Å². The van der Waals surface area contributed by atoms with Gasteiger partial charge in [0.15, 0.2) is 0 Å². The summed E-state index contributed by atoms with van der Waals surface area (Å²) in [5.74, 6) is 0.470. The summed E-state index contributed by atoms with van der Waals surface area (Å²) in [6.07, 6.45) is 4.55. The maximum atomic E-state index is 10.9. The molecule has 114 valence electrons. The van der Waals surface area contributed by atoms with Gasteiger partial charge in [0.2, 0.25) is 0 Å². The maximum absolute atomic E-state index is 10.9. The van der Waals surface area contributed by atoms with Crippen LogP contribution in [-0.2, 0) is 0 Å². The maximum Gasteiger partial charge on any atom is 0.122 e. The van der Waals surface area contributed by atoms with E-state index in [0.29, 0.717) is 11.3 Å². The Bertz CT molecular complexity index is 924. The number of aromatic hydroxyl groups is 1. The molecule has 0 saturated carbocycles. The molecule has 4 rings (SSSR count). The minimum Gasteiger partial charge on any atom is -0.507 e. The highest BCUT2D eigenvalue weighted by atomic mass is 28.3. The number of benzene rings is 3. The Morgan fingerprint density at radius 2 is 1.61 bits per heavy atom. The van der Waals surface area contributed by atoms with Gasteiger partial charge in [0.1, 0.15) is 5.75 Å². The van der Waals surface area contributed by atoms with Crippen LogP contribution in [0.5, 0.6) is 5.75 Å². The van der Waals surface area contributed by atoms with Crippen LogP contribution in [0.3, 0.4) is 0 Å². The lowest BCUT2D eigenvalue weighted by molar-refractivity contribution is 0.485. The molecule has 1 aliphatic carbocycles. The molecule has 3 aromatic carbocycles. The first-order chi connectivity index (χ1) is 11.1. The van der Waals surface area contributed by atoms with Gasteiger partial charge in [-0.15, -0.1) is 0 Å². The molecule has 1 atom stereocenters. The molecule has 23 heavy (non-hydrogen) atoms. The summed E-state index contributed by atoms with van der Waals surface area (Å²) in [4.78, 5) is 0. The van der Waals surface area contributed by atoms with Crippen molar-refractivity contribution in [2.24, 2.45) is 0 Å². The molecule has 0 radical (unpaired) electrons. The van der Waals surface area contributed by atoms with E-state index in [2.05, 4.69) is 67.7 Å². The fraction of sp³-hybridized carbons (Fsp3) is 0.143. The van der Waals surface area contributed by atoms with Crippen LogP contribution in [0, 0.1) is 0 Å². The van der Waals surface area contributed by atoms with E-state index in [1.54, 1.807) is 0 Å². The van der Waals surface area contributed by atoms with Crippen molar-refractivity contribution in [3.05, 3.63) is 77.9 Å². The smallest absolute Gasteiger partial charge is 0.122 e. The molecular formula is C21H20OSi. The molecule has 0 bridgehead atoms. The van der Waals surface area contributed by atoms with Crippen molar-refractivity contribution in [1.82, 2.24) is 0 Å². The highest BCUT2D eigenvalue weighted by molar-refractivity contribution is 6.92. The fourth-order valence-corrected chi connectivity index (χ4v) is 7.03. The second-order valence-corrected chi connectivity index (χ2v) is 11.5. The van der Waals surface area contributed by atoms with Crippen molar-refractivity contribution in [2.75, 3.05) is 0 Å². The zero-order valence-electron chi connectivity index (χ0n) is 13.5. The molecule has 1 nitrogen and oxygen atoms in total. The minimum absolute atomic E-state index is 0.408. The lowest BCUT2D eigenvalue weighted by atomic mass is 10.1. The van der Waals surface area contributed by atoms with E-state index >= 15 is 0 Å². The van der Waals surface area contributed by atoms with Crippen molar-refractivity contribution in [2.45, 2.75) is 18.6 Å². The quantitative estimate of drug-likeness (QED) is 0.673. The first-order valence-electron chi connectivity index (χ1n) is 8.07. The summed E-state index contributed by atoms with van der Waals surface area (Å²) in [5.41, 5.74) is 3.13. The summed E-state index contributed by atoms with van der Waals surface area (Å²) in [7, 11) is -1.90. The number of rotatable bonds is 2. The molecule has 1 unspecified atom stereocenters. The lowest BCUT2D eigenvalue weighted by Crippen LogP contribution is -2.46. The van der Waals surface area contributed by atoms with Crippen LogP contribution in [0.2, 0.25) is 13.1 Å². The van der Waals surface area contributed by atoms with Crippen molar-refractivity contribution < 1.29 is 5.11 Å². The van der Waals surface area contributed by atoms with Crippen molar-refractivity contribution >= 4 is 30.1 Å². The molecule has 0 aromatic heterocycles. The average molecular weight is 316 g/mol. The van der Waals surface area contributed by atoms with Gasteiger partial charge in [-0.25, -0.2) is 0 Å². The van der Waals surface area contributed by atoms with E-state index < -0.39 is 8.07 Å². The number of allylic oxidation sites excluding steroid dienone is 1. The molecule has 2 heteroatoms. The summed E-state index contributed by atoms with van der Waals surface area (Å²) in [5, 5.41) is 14.1. The summed E-state index contributed by atoms with van der Waals surface area (Å²) in [6, 6.07) is 21.0. The van der Waals surface area contributed by atoms with E-state index in [1.807, 2.05) is 18.2 Å². The number of fused-ring (bicyclic) bond motifs is 2. The van der Waals surface area contributed by atoms with Crippen LogP contribution < -0.4 is 5.19 Å². The molecule has 1 N–H and O–H groups in total. The van der Waals surface area contributed by atoms with Gasteiger partial charge in [-0.3, -0.25) is 0 Å². The second kappa shape index (κ2) is 5.10. The van der Waals surface area contributed by atoms with Crippen LogP contribution in [0.15, 0.2) is 66.7 Å². The fourth-order valence-electron chi connectivity index (χ4n) is 3.82. The second-order valence-electron chi connectivity index (χ2n) is 6.87. The highest BCUT2D eigenvalue weighted by Crippen LogP contribution is 2.38. The third-order valence-corrected chi connectivity index (χ3v) is 9.02. The van der Waals surface area contributed by atoms with Crippen LogP contribution >= 0.6 is 0 Å². The normalized spacial score (nSPS) is 16.7. The number of phenols is 1.